The maximum absolute atomic E-state index is 11.5. The highest BCUT2D eigenvalue weighted by Crippen LogP contribution is 2.22. The monoisotopic (exact) mass is 192 g/mol. The van der Waals surface area contributed by atoms with Crippen LogP contribution in [0.1, 0.15) is 39.5 Å². The van der Waals surface area contributed by atoms with Crippen molar-refractivity contribution in [2.45, 2.75) is 39.5 Å². The summed E-state index contributed by atoms with van der Waals surface area (Å²) in [6, 6.07) is 0. The lowest BCUT2D eigenvalue weighted by molar-refractivity contribution is -0.115. The first-order valence-electron chi connectivity index (χ1n) is 5.19. The van der Waals surface area contributed by atoms with Crippen molar-refractivity contribution in [3.8, 4) is 0 Å². The van der Waals surface area contributed by atoms with Crippen LogP contribution in [0.3, 0.4) is 0 Å². The zero-order valence-corrected chi connectivity index (χ0v) is 8.80. The molecule has 0 unspecified atom stereocenters. The maximum Gasteiger partial charge on any atom is 0.182 e. The van der Waals surface area contributed by atoms with Crippen LogP contribution in [0.2, 0.25) is 0 Å². The molecule has 0 radical (unpaired) electrons. The zero-order chi connectivity index (χ0) is 10.6. The van der Waals surface area contributed by atoms with Gasteiger partial charge in [0.15, 0.2) is 11.6 Å². The molecule has 0 heterocycles. The molecule has 0 aliphatic heterocycles. The molecule has 0 amide bonds. The Morgan fingerprint density at radius 1 is 0.857 bits per heavy atom. The molecule has 0 fully saturated rings. The van der Waals surface area contributed by atoms with Crippen molar-refractivity contribution in [1.29, 1.82) is 0 Å². The van der Waals surface area contributed by atoms with Gasteiger partial charge >= 0.3 is 0 Å². The Morgan fingerprint density at radius 3 is 1.50 bits per heavy atom. The second kappa shape index (κ2) is 4.89. The Morgan fingerprint density at radius 2 is 1.21 bits per heavy atom. The summed E-state index contributed by atoms with van der Waals surface area (Å²) in [6.45, 7) is 4.04. The molecule has 0 N–H and O–H groups in total. The van der Waals surface area contributed by atoms with E-state index in [0.29, 0.717) is 0 Å². The predicted molar refractivity (Wildman–Crippen MR) is 56.0 cm³/mol. The van der Waals surface area contributed by atoms with Crippen LogP contribution >= 0.6 is 0 Å². The van der Waals surface area contributed by atoms with Crippen LogP contribution in [0.15, 0.2) is 23.3 Å². The zero-order valence-electron chi connectivity index (χ0n) is 8.80. The number of hydrogen-bond acceptors (Lipinski definition) is 2. The normalized spacial score (nSPS) is 16.7. The highest BCUT2D eigenvalue weighted by molar-refractivity contribution is 6.20. The molecule has 0 atom stereocenters. The minimum absolute atomic E-state index is 0.0231. The molecule has 0 saturated heterocycles. The number of ketones is 2. The molecular weight excluding hydrogens is 176 g/mol. The van der Waals surface area contributed by atoms with Crippen molar-refractivity contribution >= 4 is 11.6 Å². The highest BCUT2D eigenvalue weighted by Gasteiger charge is 2.20. The van der Waals surface area contributed by atoms with Crippen LogP contribution in [0.4, 0.5) is 0 Å². The summed E-state index contributed by atoms with van der Waals surface area (Å²) < 4.78 is 0. The van der Waals surface area contributed by atoms with E-state index in [1.807, 2.05) is 13.8 Å². The van der Waals surface area contributed by atoms with Gasteiger partial charge in [-0.15, -0.1) is 0 Å². The van der Waals surface area contributed by atoms with E-state index in [1.54, 1.807) is 0 Å². The third kappa shape index (κ3) is 2.19. The van der Waals surface area contributed by atoms with Crippen LogP contribution in [0.5, 0.6) is 0 Å². The van der Waals surface area contributed by atoms with E-state index >= 15 is 0 Å². The molecule has 0 aromatic heterocycles. The lowest BCUT2D eigenvalue weighted by Crippen LogP contribution is -2.14. The summed E-state index contributed by atoms with van der Waals surface area (Å²) in [7, 11) is 0. The molecule has 1 rings (SSSR count). The third-order valence-corrected chi connectivity index (χ3v) is 2.35. The smallest absolute Gasteiger partial charge is 0.182 e. The lowest BCUT2D eigenvalue weighted by atomic mass is 9.89. The number of carbonyl (C=O) groups excluding carboxylic acids is 2. The molecule has 0 aromatic rings. The summed E-state index contributed by atoms with van der Waals surface area (Å²) in [4.78, 5) is 23.0. The van der Waals surface area contributed by atoms with Crippen molar-refractivity contribution in [3.05, 3.63) is 23.3 Å². The summed E-state index contributed by atoms with van der Waals surface area (Å²) in [5.41, 5.74) is 1.48. The molecule has 1 aliphatic carbocycles. The van der Waals surface area contributed by atoms with Crippen LogP contribution in [-0.2, 0) is 9.59 Å². The second-order valence-corrected chi connectivity index (χ2v) is 3.52. The van der Waals surface area contributed by atoms with Crippen LogP contribution < -0.4 is 0 Å². The van der Waals surface area contributed by atoms with E-state index in [9.17, 15) is 9.59 Å². The topological polar surface area (TPSA) is 34.1 Å². The van der Waals surface area contributed by atoms with Crippen LogP contribution in [-0.4, -0.2) is 11.6 Å². The van der Waals surface area contributed by atoms with Gasteiger partial charge in [-0.3, -0.25) is 9.59 Å². The quantitative estimate of drug-likeness (QED) is 0.641. The Balaban J connectivity index is 2.99. The molecule has 2 heteroatoms. The molecule has 0 spiro atoms. The van der Waals surface area contributed by atoms with E-state index in [1.165, 1.54) is 12.2 Å². The SMILES string of the molecule is CCCC1=C(CCC)C(=O)C=CC1=O. The van der Waals surface area contributed by atoms with Gasteiger partial charge in [-0.2, -0.15) is 0 Å². The van der Waals surface area contributed by atoms with Crippen LogP contribution in [0, 0.1) is 0 Å². The van der Waals surface area contributed by atoms with Gasteiger partial charge in [0.2, 0.25) is 0 Å². The van der Waals surface area contributed by atoms with Gasteiger partial charge in [0.05, 0.1) is 0 Å². The fourth-order valence-corrected chi connectivity index (χ4v) is 1.70. The van der Waals surface area contributed by atoms with Crippen molar-refractivity contribution in [2.75, 3.05) is 0 Å². The van der Waals surface area contributed by atoms with Gasteiger partial charge < -0.3 is 0 Å². The molecule has 76 valence electrons. The van der Waals surface area contributed by atoms with E-state index in [2.05, 4.69) is 0 Å². The number of rotatable bonds is 4. The van der Waals surface area contributed by atoms with Gasteiger partial charge in [-0.05, 0) is 25.0 Å². The van der Waals surface area contributed by atoms with Crippen molar-refractivity contribution in [1.82, 2.24) is 0 Å². The van der Waals surface area contributed by atoms with Gasteiger partial charge in [-0.1, -0.05) is 26.7 Å². The predicted octanol–water partition coefficient (Wildman–Crippen LogP) is 2.59. The molecule has 14 heavy (non-hydrogen) atoms. The fraction of sp³-hybridized carbons (Fsp3) is 0.500. The van der Waals surface area contributed by atoms with Gasteiger partial charge in [0.1, 0.15) is 0 Å². The minimum Gasteiger partial charge on any atom is -0.290 e. The molecule has 0 bridgehead atoms. The average Bonchev–Trinajstić information content (AvgIpc) is 2.17. The molecule has 1 aliphatic rings. The minimum atomic E-state index is 0.0231. The van der Waals surface area contributed by atoms with Gasteiger partial charge in [0, 0.05) is 11.1 Å². The lowest BCUT2D eigenvalue weighted by Gasteiger charge is -2.13. The van der Waals surface area contributed by atoms with Crippen LogP contribution in [0.25, 0.3) is 0 Å². The van der Waals surface area contributed by atoms with Crippen molar-refractivity contribution in [3.63, 3.8) is 0 Å². The molecule has 2 nitrogen and oxygen atoms in total. The Hall–Kier alpha value is -1.18. The fourth-order valence-electron chi connectivity index (χ4n) is 1.70. The first-order valence-corrected chi connectivity index (χ1v) is 5.19. The Kier molecular flexibility index (Phi) is 3.81. The van der Waals surface area contributed by atoms with Crippen molar-refractivity contribution < 1.29 is 9.59 Å². The second-order valence-electron chi connectivity index (χ2n) is 3.52. The maximum atomic E-state index is 11.5. The molecular formula is C12H16O2. The average molecular weight is 192 g/mol. The number of carbonyl (C=O) groups is 2. The summed E-state index contributed by atoms with van der Waals surface area (Å²) in [6.07, 6.45) is 6.07. The summed E-state index contributed by atoms with van der Waals surface area (Å²) in [5, 5.41) is 0. The molecule has 0 aromatic carbocycles. The van der Waals surface area contributed by atoms with E-state index in [0.717, 1.165) is 36.8 Å². The Bertz CT molecular complexity index is 278. The Labute approximate surface area is 84.7 Å². The first-order chi connectivity index (χ1) is 6.70. The standard InChI is InChI=1S/C12H16O2/c1-3-5-9-10(6-4-2)12(14)8-7-11(9)13/h7-8H,3-6H2,1-2H3. The summed E-state index contributed by atoms with van der Waals surface area (Å²) in [5.74, 6) is 0.0461. The number of allylic oxidation sites excluding steroid dienone is 4. The first kappa shape index (κ1) is 10.9. The summed E-state index contributed by atoms with van der Waals surface area (Å²) >= 11 is 0. The van der Waals surface area contributed by atoms with E-state index < -0.39 is 0 Å². The highest BCUT2D eigenvalue weighted by atomic mass is 16.1. The van der Waals surface area contributed by atoms with E-state index in [-0.39, 0.29) is 11.6 Å². The van der Waals surface area contributed by atoms with E-state index in [4.69, 9.17) is 0 Å². The third-order valence-electron chi connectivity index (χ3n) is 2.35. The molecule has 0 saturated carbocycles. The van der Waals surface area contributed by atoms with Gasteiger partial charge in [-0.25, -0.2) is 0 Å². The van der Waals surface area contributed by atoms with Gasteiger partial charge in [0.25, 0.3) is 0 Å². The largest absolute Gasteiger partial charge is 0.290 e. The number of hydrogen-bond donors (Lipinski definition) is 0. The van der Waals surface area contributed by atoms with Crippen molar-refractivity contribution in [2.24, 2.45) is 0 Å².